The summed E-state index contributed by atoms with van der Waals surface area (Å²) >= 11 is 1.58. The lowest BCUT2D eigenvalue weighted by Gasteiger charge is -2.42. The van der Waals surface area contributed by atoms with Gasteiger partial charge in [-0.15, -0.1) is 11.3 Å². The molecule has 134 valence electrons. The van der Waals surface area contributed by atoms with E-state index in [0.29, 0.717) is 19.5 Å². The maximum atomic E-state index is 12.7. The molecular formula is C20H21N3O2S. The van der Waals surface area contributed by atoms with Gasteiger partial charge in [-0.25, -0.2) is 4.98 Å². The summed E-state index contributed by atoms with van der Waals surface area (Å²) in [6.07, 6.45) is 6.30. The molecule has 0 radical (unpaired) electrons. The van der Waals surface area contributed by atoms with Gasteiger partial charge in [-0.1, -0.05) is 24.3 Å². The van der Waals surface area contributed by atoms with E-state index in [1.54, 1.807) is 11.3 Å². The minimum Gasteiger partial charge on any atom is -0.392 e. The van der Waals surface area contributed by atoms with Crippen LogP contribution >= 0.6 is 11.3 Å². The zero-order chi connectivity index (χ0) is 17.7. The topological polar surface area (TPSA) is 57.8 Å². The molecule has 2 aromatic heterocycles. The Bertz CT molecular complexity index is 940. The molecular weight excluding hydrogens is 346 g/mol. The number of likely N-dealkylation sites (tertiary alicyclic amines) is 1. The van der Waals surface area contributed by atoms with Crippen LogP contribution in [0.5, 0.6) is 0 Å². The van der Waals surface area contributed by atoms with Crippen LogP contribution < -0.4 is 0 Å². The normalized spacial score (nSPS) is 21.4. The first-order valence-electron chi connectivity index (χ1n) is 9.11. The average molecular weight is 367 g/mol. The number of aliphatic hydroxyl groups is 1. The van der Waals surface area contributed by atoms with Crippen molar-refractivity contribution in [3.05, 3.63) is 58.9 Å². The van der Waals surface area contributed by atoms with E-state index in [4.69, 9.17) is 0 Å². The number of thiazole rings is 1. The lowest BCUT2D eigenvalue weighted by atomic mass is 9.72. The first-order valence-corrected chi connectivity index (χ1v) is 9.99. The molecule has 1 unspecified atom stereocenters. The Labute approximate surface area is 155 Å². The number of amides is 1. The van der Waals surface area contributed by atoms with Crippen LogP contribution in [0.15, 0.2) is 42.0 Å². The van der Waals surface area contributed by atoms with Crippen molar-refractivity contribution in [2.45, 2.75) is 37.2 Å². The van der Waals surface area contributed by atoms with E-state index in [0.717, 1.165) is 29.9 Å². The number of piperidine rings is 1. The highest BCUT2D eigenvalue weighted by Crippen LogP contribution is 2.46. The quantitative estimate of drug-likeness (QED) is 0.757. The first-order chi connectivity index (χ1) is 12.7. The predicted molar refractivity (Wildman–Crippen MR) is 100 cm³/mol. The lowest BCUT2D eigenvalue weighted by molar-refractivity contribution is -0.132. The molecule has 1 atom stereocenters. The van der Waals surface area contributed by atoms with Crippen LogP contribution in [0, 0.1) is 0 Å². The van der Waals surface area contributed by atoms with Gasteiger partial charge in [-0.3, -0.25) is 9.20 Å². The number of aliphatic hydroxyl groups excluding tert-OH is 1. The number of fused-ring (bicyclic) bond motifs is 3. The average Bonchev–Trinajstić information content (AvgIpc) is 3.30. The second kappa shape index (κ2) is 5.93. The molecule has 5 nitrogen and oxygen atoms in total. The lowest BCUT2D eigenvalue weighted by Crippen LogP contribution is -2.49. The van der Waals surface area contributed by atoms with Gasteiger partial charge in [0.25, 0.3) is 0 Å². The number of nitrogens with zero attached hydrogens (tertiary/aromatic N) is 3. The SMILES string of the molecule is O=C(Cc1cn2ccsc2n1)N1CCC2(CC1)c1ccccc1CC2O. The van der Waals surface area contributed by atoms with Crippen LogP contribution in [0.4, 0.5) is 0 Å². The summed E-state index contributed by atoms with van der Waals surface area (Å²) in [5.41, 5.74) is 3.20. The van der Waals surface area contributed by atoms with Crippen LogP contribution in [0.3, 0.4) is 0 Å². The number of carbonyl (C=O) groups is 1. The molecule has 6 heteroatoms. The molecule has 0 bridgehead atoms. The highest BCUT2D eigenvalue weighted by atomic mass is 32.1. The van der Waals surface area contributed by atoms with Gasteiger partial charge in [0.2, 0.25) is 5.91 Å². The Balaban J connectivity index is 1.29. The fraction of sp³-hybridized carbons (Fsp3) is 0.400. The smallest absolute Gasteiger partial charge is 0.228 e. The summed E-state index contributed by atoms with van der Waals surface area (Å²) in [5, 5.41) is 12.7. The number of carbonyl (C=O) groups excluding carboxylic acids is 1. The van der Waals surface area contributed by atoms with Crippen LogP contribution in [0.2, 0.25) is 0 Å². The van der Waals surface area contributed by atoms with Crippen molar-refractivity contribution in [3.63, 3.8) is 0 Å². The number of hydrogen-bond acceptors (Lipinski definition) is 4. The molecule has 1 fully saturated rings. The Morgan fingerprint density at radius 1 is 1.31 bits per heavy atom. The zero-order valence-corrected chi connectivity index (χ0v) is 15.3. The number of hydrogen-bond donors (Lipinski definition) is 1. The molecule has 3 aromatic rings. The first kappa shape index (κ1) is 16.0. The molecule has 1 aliphatic heterocycles. The van der Waals surface area contributed by atoms with E-state index >= 15 is 0 Å². The Morgan fingerprint density at radius 2 is 2.12 bits per heavy atom. The van der Waals surface area contributed by atoms with E-state index < -0.39 is 0 Å². The fourth-order valence-corrected chi connectivity index (χ4v) is 5.37. The molecule has 2 aliphatic rings. The Kier molecular flexibility index (Phi) is 3.65. The highest BCUT2D eigenvalue weighted by molar-refractivity contribution is 7.15. The summed E-state index contributed by atoms with van der Waals surface area (Å²) in [5.74, 6) is 0.131. The summed E-state index contributed by atoms with van der Waals surface area (Å²) in [7, 11) is 0. The summed E-state index contributed by atoms with van der Waals surface area (Å²) in [6.45, 7) is 1.40. The van der Waals surface area contributed by atoms with Gasteiger partial charge >= 0.3 is 0 Å². The number of imidazole rings is 1. The van der Waals surface area contributed by atoms with Gasteiger partial charge in [0.1, 0.15) is 0 Å². The number of aromatic nitrogens is 2. The van der Waals surface area contributed by atoms with Crippen molar-refractivity contribution in [2.75, 3.05) is 13.1 Å². The summed E-state index contributed by atoms with van der Waals surface area (Å²) in [6, 6.07) is 8.37. The van der Waals surface area contributed by atoms with Gasteiger partial charge in [0.05, 0.1) is 18.2 Å². The van der Waals surface area contributed by atoms with Crippen LogP contribution in [0.25, 0.3) is 4.96 Å². The molecule has 26 heavy (non-hydrogen) atoms. The maximum absolute atomic E-state index is 12.7. The highest BCUT2D eigenvalue weighted by Gasteiger charge is 2.47. The van der Waals surface area contributed by atoms with Crippen molar-refractivity contribution in [1.29, 1.82) is 0 Å². The minimum atomic E-state index is -0.336. The van der Waals surface area contributed by atoms with Gasteiger partial charge in [-0.05, 0) is 30.4 Å². The molecule has 0 saturated carbocycles. The third kappa shape index (κ3) is 2.40. The Morgan fingerprint density at radius 3 is 2.92 bits per heavy atom. The monoisotopic (exact) mass is 367 g/mol. The third-order valence-corrected chi connectivity index (χ3v) is 6.86. The minimum absolute atomic E-state index is 0.131. The largest absolute Gasteiger partial charge is 0.392 e. The van der Waals surface area contributed by atoms with Crippen molar-refractivity contribution >= 4 is 22.2 Å². The van der Waals surface area contributed by atoms with Crippen LogP contribution in [-0.2, 0) is 23.1 Å². The molecule has 1 saturated heterocycles. The van der Waals surface area contributed by atoms with Gasteiger partial charge in [-0.2, -0.15) is 0 Å². The van der Waals surface area contributed by atoms with Crippen molar-refractivity contribution in [1.82, 2.24) is 14.3 Å². The van der Waals surface area contributed by atoms with Crippen molar-refractivity contribution in [2.24, 2.45) is 0 Å². The standard InChI is InChI=1S/C20H21N3O2S/c24-17-11-14-3-1-2-4-16(14)20(17)5-7-22(8-6-20)18(25)12-15-13-23-9-10-26-19(23)21-15/h1-4,9-10,13,17,24H,5-8,11-12H2. The fourth-order valence-electron chi connectivity index (χ4n) is 4.65. The van der Waals surface area contributed by atoms with E-state index in [9.17, 15) is 9.90 Å². The second-order valence-corrected chi connectivity index (χ2v) is 8.29. The number of rotatable bonds is 2. The molecule has 1 N–H and O–H groups in total. The molecule has 1 amide bonds. The molecule has 5 rings (SSSR count). The van der Waals surface area contributed by atoms with E-state index in [1.165, 1.54) is 11.1 Å². The maximum Gasteiger partial charge on any atom is 0.228 e. The van der Waals surface area contributed by atoms with E-state index in [1.807, 2.05) is 33.1 Å². The molecule has 1 aliphatic carbocycles. The van der Waals surface area contributed by atoms with Gasteiger partial charge in [0, 0.05) is 36.3 Å². The van der Waals surface area contributed by atoms with Crippen LogP contribution in [0.1, 0.15) is 29.7 Å². The molecule has 1 aromatic carbocycles. The second-order valence-electron chi connectivity index (χ2n) is 7.42. The Hall–Kier alpha value is -2.18. The van der Waals surface area contributed by atoms with Crippen LogP contribution in [-0.4, -0.2) is 44.5 Å². The van der Waals surface area contributed by atoms with E-state index in [2.05, 4.69) is 23.2 Å². The number of benzene rings is 1. The summed E-state index contributed by atoms with van der Waals surface area (Å²) in [4.78, 5) is 20.1. The van der Waals surface area contributed by atoms with Crippen molar-refractivity contribution < 1.29 is 9.90 Å². The summed E-state index contributed by atoms with van der Waals surface area (Å²) < 4.78 is 1.96. The zero-order valence-electron chi connectivity index (χ0n) is 14.5. The van der Waals surface area contributed by atoms with Gasteiger partial charge < -0.3 is 10.0 Å². The predicted octanol–water partition coefficient (Wildman–Crippen LogP) is 2.42. The third-order valence-electron chi connectivity index (χ3n) is 6.09. The molecule has 1 spiro atoms. The van der Waals surface area contributed by atoms with Crippen molar-refractivity contribution in [3.8, 4) is 0 Å². The molecule has 3 heterocycles. The van der Waals surface area contributed by atoms with Gasteiger partial charge in [0.15, 0.2) is 4.96 Å². The van der Waals surface area contributed by atoms with E-state index in [-0.39, 0.29) is 17.4 Å².